The summed E-state index contributed by atoms with van der Waals surface area (Å²) in [4.78, 5) is 7.43. The minimum Gasteiger partial charge on any atom is -0.435 e. The zero-order valence-electron chi connectivity index (χ0n) is 25.4. The summed E-state index contributed by atoms with van der Waals surface area (Å²) in [5, 5.41) is 2.27. The molecule has 0 N–H and O–H groups in total. The maximum absolute atomic E-state index is 6.59. The Balaban J connectivity index is 1.28. The molecule has 0 aliphatic heterocycles. The Hall–Kier alpha value is -5.97. The molecule has 9 aromatic rings. The van der Waals surface area contributed by atoms with E-state index in [1.54, 1.807) is 11.3 Å². The lowest BCUT2D eigenvalue weighted by Crippen LogP contribution is -2.10. The molecule has 0 amide bonds. The van der Waals surface area contributed by atoms with E-state index < -0.39 is 0 Å². The first-order valence-corrected chi connectivity index (χ1v) is 16.5. The predicted octanol–water partition coefficient (Wildman–Crippen LogP) is 12.7. The third-order valence-corrected chi connectivity index (χ3v) is 9.90. The van der Waals surface area contributed by atoms with E-state index in [4.69, 9.17) is 9.40 Å². The second kappa shape index (κ2) is 11.4. The summed E-state index contributed by atoms with van der Waals surface area (Å²) < 4.78 is 8.96. The first kappa shape index (κ1) is 27.3. The van der Waals surface area contributed by atoms with Crippen LogP contribution < -0.4 is 4.90 Å². The quantitative estimate of drug-likeness (QED) is 0.185. The molecule has 7 aromatic carbocycles. The topological polar surface area (TPSA) is 29.3 Å². The number of rotatable bonds is 6. The minimum atomic E-state index is 0.625. The highest BCUT2D eigenvalue weighted by Gasteiger charge is 2.23. The Bertz CT molecular complexity index is 2400. The SMILES string of the molecule is c1ccc(-c2ccc(N(c3ccc(-c4ccccc4)cc3)c3cc4nc(-c5ccccc5)oc4c4c3sc3ccccc34)cc2)cc1. The number of benzene rings is 7. The average Bonchev–Trinajstić information content (AvgIpc) is 3.76. The first-order valence-electron chi connectivity index (χ1n) is 15.7. The molecule has 4 heteroatoms. The zero-order valence-corrected chi connectivity index (χ0v) is 26.2. The van der Waals surface area contributed by atoms with Crippen molar-refractivity contribution in [3.63, 3.8) is 0 Å². The summed E-state index contributed by atoms with van der Waals surface area (Å²) in [6.45, 7) is 0. The van der Waals surface area contributed by atoms with E-state index in [9.17, 15) is 0 Å². The summed E-state index contributed by atoms with van der Waals surface area (Å²) in [5.41, 5.74) is 10.6. The molecule has 9 rings (SSSR count). The molecule has 0 fully saturated rings. The van der Waals surface area contributed by atoms with E-state index in [1.807, 2.05) is 30.3 Å². The van der Waals surface area contributed by atoms with Crippen LogP contribution in [-0.4, -0.2) is 4.98 Å². The van der Waals surface area contributed by atoms with Gasteiger partial charge in [0.25, 0.3) is 0 Å². The number of anilines is 3. The second-order valence-corrected chi connectivity index (χ2v) is 12.6. The molecule has 3 nitrogen and oxygen atoms in total. The van der Waals surface area contributed by atoms with Gasteiger partial charge in [0.2, 0.25) is 5.89 Å². The molecule has 0 radical (unpaired) electrons. The number of thiophene rings is 1. The van der Waals surface area contributed by atoms with E-state index in [-0.39, 0.29) is 0 Å². The number of aromatic nitrogens is 1. The standard InChI is InChI=1S/C43H28N2OS/c1-4-12-29(13-5-1)31-20-24-34(25-21-31)45(35-26-22-32(23-27-35)30-14-6-2-7-15-30)38-28-37-41(46-43(44-37)33-16-8-3-9-17-33)40-36-18-10-11-19-39(36)47-42(38)40/h1-28H. The fourth-order valence-corrected chi connectivity index (χ4v) is 7.63. The Morgan fingerprint density at radius 3 is 1.55 bits per heavy atom. The van der Waals surface area contributed by atoms with Crippen LogP contribution in [0.15, 0.2) is 174 Å². The van der Waals surface area contributed by atoms with Gasteiger partial charge in [-0.1, -0.05) is 121 Å². The van der Waals surface area contributed by atoms with Crippen molar-refractivity contribution in [1.82, 2.24) is 4.98 Å². The molecule has 2 heterocycles. The van der Waals surface area contributed by atoms with Crippen molar-refractivity contribution in [2.45, 2.75) is 0 Å². The smallest absolute Gasteiger partial charge is 0.227 e. The molecule has 0 spiro atoms. The van der Waals surface area contributed by atoms with Gasteiger partial charge in [-0.05, 0) is 70.8 Å². The summed E-state index contributed by atoms with van der Waals surface area (Å²) in [6, 6.07) is 59.7. The van der Waals surface area contributed by atoms with Crippen LogP contribution in [0, 0.1) is 0 Å². The average molecular weight is 621 g/mol. The van der Waals surface area contributed by atoms with Gasteiger partial charge in [-0.15, -0.1) is 11.3 Å². The predicted molar refractivity (Wildman–Crippen MR) is 198 cm³/mol. The monoisotopic (exact) mass is 620 g/mol. The summed E-state index contributed by atoms with van der Waals surface area (Å²) in [6.07, 6.45) is 0. The fourth-order valence-electron chi connectivity index (χ4n) is 6.42. The first-order chi connectivity index (χ1) is 23.3. The molecule has 0 aliphatic rings. The lowest BCUT2D eigenvalue weighted by atomic mass is 10.0. The van der Waals surface area contributed by atoms with E-state index in [0.29, 0.717) is 5.89 Å². The highest BCUT2D eigenvalue weighted by Crippen LogP contribution is 2.48. The normalized spacial score (nSPS) is 11.4. The van der Waals surface area contributed by atoms with Crippen LogP contribution in [0.2, 0.25) is 0 Å². The Kier molecular flexibility index (Phi) is 6.65. The van der Waals surface area contributed by atoms with Gasteiger partial charge in [0.1, 0.15) is 5.52 Å². The van der Waals surface area contributed by atoms with Crippen LogP contribution in [-0.2, 0) is 0 Å². The Morgan fingerprint density at radius 1 is 0.489 bits per heavy atom. The summed E-state index contributed by atoms with van der Waals surface area (Å²) >= 11 is 1.80. The number of fused-ring (bicyclic) bond motifs is 5. The largest absolute Gasteiger partial charge is 0.435 e. The van der Waals surface area contributed by atoms with Crippen molar-refractivity contribution in [1.29, 1.82) is 0 Å². The van der Waals surface area contributed by atoms with Gasteiger partial charge in [0, 0.05) is 32.4 Å². The van der Waals surface area contributed by atoms with Crippen molar-refractivity contribution < 1.29 is 4.42 Å². The van der Waals surface area contributed by atoms with Gasteiger partial charge in [-0.25, -0.2) is 4.98 Å². The van der Waals surface area contributed by atoms with E-state index >= 15 is 0 Å². The van der Waals surface area contributed by atoms with Crippen molar-refractivity contribution in [2.75, 3.05) is 4.90 Å². The third-order valence-electron chi connectivity index (χ3n) is 8.71. The fraction of sp³-hybridized carbons (Fsp3) is 0. The maximum Gasteiger partial charge on any atom is 0.227 e. The van der Waals surface area contributed by atoms with Crippen LogP contribution in [0.3, 0.4) is 0 Å². The second-order valence-electron chi connectivity index (χ2n) is 11.6. The third kappa shape index (κ3) is 4.87. The van der Waals surface area contributed by atoms with Gasteiger partial charge >= 0.3 is 0 Å². The molecule has 0 unspecified atom stereocenters. The van der Waals surface area contributed by atoms with Crippen LogP contribution in [0.1, 0.15) is 0 Å². The lowest BCUT2D eigenvalue weighted by molar-refractivity contribution is 0.623. The number of hydrogen-bond donors (Lipinski definition) is 0. The summed E-state index contributed by atoms with van der Waals surface area (Å²) in [7, 11) is 0. The lowest BCUT2D eigenvalue weighted by Gasteiger charge is -2.26. The van der Waals surface area contributed by atoms with E-state index in [0.717, 1.165) is 43.8 Å². The summed E-state index contributed by atoms with van der Waals surface area (Å²) in [5.74, 6) is 0.625. The van der Waals surface area contributed by atoms with E-state index in [2.05, 4.69) is 144 Å². The van der Waals surface area contributed by atoms with Gasteiger partial charge in [-0.3, -0.25) is 0 Å². The molecule has 0 saturated heterocycles. The molecule has 0 bridgehead atoms. The van der Waals surface area contributed by atoms with Crippen LogP contribution >= 0.6 is 11.3 Å². The number of oxazole rings is 1. The molecule has 0 saturated carbocycles. The Morgan fingerprint density at radius 2 is 0.979 bits per heavy atom. The van der Waals surface area contributed by atoms with Crippen molar-refractivity contribution in [2.24, 2.45) is 0 Å². The van der Waals surface area contributed by atoms with Gasteiger partial charge in [0.05, 0.1) is 10.4 Å². The molecule has 222 valence electrons. The molecule has 0 atom stereocenters. The van der Waals surface area contributed by atoms with E-state index in [1.165, 1.54) is 32.3 Å². The highest BCUT2D eigenvalue weighted by molar-refractivity contribution is 7.26. The minimum absolute atomic E-state index is 0.625. The molecule has 2 aromatic heterocycles. The van der Waals surface area contributed by atoms with Crippen LogP contribution in [0.4, 0.5) is 17.1 Å². The van der Waals surface area contributed by atoms with Crippen LogP contribution in [0.25, 0.3) is 65.0 Å². The Labute approximate surface area is 276 Å². The van der Waals surface area contributed by atoms with Crippen molar-refractivity contribution in [3.05, 3.63) is 170 Å². The number of hydrogen-bond acceptors (Lipinski definition) is 4. The molecular weight excluding hydrogens is 593 g/mol. The van der Waals surface area contributed by atoms with Crippen molar-refractivity contribution >= 4 is 59.7 Å². The van der Waals surface area contributed by atoms with Crippen molar-refractivity contribution in [3.8, 4) is 33.7 Å². The van der Waals surface area contributed by atoms with Gasteiger partial charge < -0.3 is 9.32 Å². The maximum atomic E-state index is 6.59. The molecular formula is C43H28N2OS. The molecule has 0 aliphatic carbocycles. The number of nitrogens with zero attached hydrogens (tertiary/aromatic N) is 2. The van der Waals surface area contributed by atoms with Crippen LogP contribution in [0.5, 0.6) is 0 Å². The molecule has 47 heavy (non-hydrogen) atoms. The zero-order chi connectivity index (χ0) is 31.2. The van der Waals surface area contributed by atoms with Gasteiger partial charge in [0.15, 0.2) is 5.58 Å². The van der Waals surface area contributed by atoms with Gasteiger partial charge in [-0.2, -0.15) is 0 Å². The highest BCUT2D eigenvalue weighted by atomic mass is 32.1.